The summed E-state index contributed by atoms with van der Waals surface area (Å²) in [5.74, 6) is 0.0431. The number of benzene rings is 1. The van der Waals surface area contributed by atoms with E-state index in [0.29, 0.717) is 59.3 Å². The number of halogens is 1. The number of carbonyl (C=O) groups excluding carboxylic acids is 2. The first kappa shape index (κ1) is 20.3. The number of Topliss-reactive ketones (excluding diaryl/α,β-unsaturated/α-hetero) is 1. The summed E-state index contributed by atoms with van der Waals surface area (Å²) < 4.78 is 15.2. The number of nitrogens with zero attached hydrogens (tertiary/aromatic N) is 4. The van der Waals surface area contributed by atoms with Crippen molar-refractivity contribution < 1.29 is 14.0 Å². The maximum atomic E-state index is 13.5. The first-order valence-corrected chi connectivity index (χ1v) is 10.3. The van der Waals surface area contributed by atoms with Crippen LogP contribution in [-0.2, 0) is 16.0 Å². The van der Waals surface area contributed by atoms with E-state index in [9.17, 15) is 14.0 Å². The molecule has 0 radical (unpaired) electrons. The number of aryl methyl sites for hydroxylation is 1. The van der Waals surface area contributed by atoms with Crippen LogP contribution in [0.1, 0.15) is 57.8 Å². The Labute approximate surface area is 167 Å². The van der Waals surface area contributed by atoms with Crippen LogP contribution < -0.4 is 5.01 Å². The highest BCUT2D eigenvalue weighted by atomic mass is 32.2. The molecule has 6 nitrogen and oxygen atoms in total. The van der Waals surface area contributed by atoms with Gasteiger partial charge in [0.1, 0.15) is 5.82 Å². The second-order valence-corrected chi connectivity index (χ2v) is 7.46. The van der Waals surface area contributed by atoms with Crippen LogP contribution in [0.2, 0.25) is 0 Å². The monoisotopic (exact) mass is 402 g/mol. The highest BCUT2D eigenvalue weighted by Crippen LogP contribution is 2.40. The van der Waals surface area contributed by atoms with E-state index >= 15 is 0 Å². The number of allylic oxidation sites excluding steroid dienone is 1. The summed E-state index contributed by atoms with van der Waals surface area (Å²) in [7, 11) is 0. The van der Waals surface area contributed by atoms with E-state index < -0.39 is 0 Å². The predicted molar refractivity (Wildman–Crippen MR) is 107 cm³/mol. The zero-order chi connectivity index (χ0) is 20.3. The highest BCUT2D eigenvalue weighted by molar-refractivity contribution is 8.04. The number of thioether (sulfide) groups is 1. The summed E-state index contributed by atoms with van der Waals surface area (Å²) in [6, 6.07) is 5.86. The molecule has 8 heteroatoms. The molecule has 0 atom stereocenters. The smallest absolute Gasteiger partial charge is 0.246 e. The van der Waals surface area contributed by atoms with E-state index in [4.69, 9.17) is 0 Å². The van der Waals surface area contributed by atoms with E-state index in [1.807, 2.05) is 20.8 Å². The van der Waals surface area contributed by atoms with Crippen molar-refractivity contribution in [2.75, 3.05) is 5.01 Å². The second-order valence-electron chi connectivity index (χ2n) is 6.48. The molecule has 3 rings (SSSR count). The Morgan fingerprint density at radius 1 is 1.04 bits per heavy atom. The maximum Gasteiger partial charge on any atom is 0.246 e. The Morgan fingerprint density at radius 2 is 1.71 bits per heavy atom. The molecule has 1 aliphatic rings. The molecule has 1 aliphatic heterocycles. The molecule has 1 amide bonds. The van der Waals surface area contributed by atoms with Gasteiger partial charge in [0.05, 0.1) is 10.6 Å². The van der Waals surface area contributed by atoms with E-state index in [1.165, 1.54) is 28.9 Å². The summed E-state index contributed by atoms with van der Waals surface area (Å²) in [6.45, 7) is 5.79. The zero-order valence-corrected chi connectivity index (χ0v) is 17.1. The van der Waals surface area contributed by atoms with E-state index in [1.54, 1.807) is 16.8 Å². The minimum absolute atomic E-state index is 0.0616. The van der Waals surface area contributed by atoms with Crippen molar-refractivity contribution in [1.29, 1.82) is 0 Å². The third-order valence-electron chi connectivity index (χ3n) is 4.36. The van der Waals surface area contributed by atoms with Crippen molar-refractivity contribution in [1.82, 2.24) is 14.9 Å². The Kier molecular flexibility index (Phi) is 6.28. The third-order valence-corrected chi connectivity index (χ3v) is 5.42. The van der Waals surface area contributed by atoms with Crippen molar-refractivity contribution in [3.05, 3.63) is 46.4 Å². The molecule has 2 heterocycles. The highest BCUT2D eigenvalue weighted by Gasteiger charge is 2.36. The Hall–Kier alpha value is -2.48. The summed E-state index contributed by atoms with van der Waals surface area (Å²) in [5.41, 5.74) is 1.09. The summed E-state index contributed by atoms with van der Waals surface area (Å²) in [5, 5.41) is 10.4. The van der Waals surface area contributed by atoms with Gasteiger partial charge in [-0.15, -0.1) is 10.2 Å². The van der Waals surface area contributed by atoms with Gasteiger partial charge in [0.25, 0.3) is 0 Å². The Balaban J connectivity index is 2.26. The van der Waals surface area contributed by atoms with Crippen molar-refractivity contribution in [3.8, 4) is 0 Å². The molecule has 0 bridgehead atoms. The zero-order valence-electron chi connectivity index (χ0n) is 16.2. The number of aromatic nitrogens is 3. The Bertz CT molecular complexity index is 921. The SMILES string of the molecule is CCCC(=O)C1=C(c2ccc(F)cc2)N(C(=O)CCC)n2c(CC)nnc2S1. The summed E-state index contributed by atoms with van der Waals surface area (Å²) in [6.07, 6.45) is 2.60. The largest absolute Gasteiger partial charge is 0.294 e. The van der Waals surface area contributed by atoms with Crippen molar-refractivity contribution in [3.63, 3.8) is 0 Å². The molecule has 0 aliphatic carbocycles. The molecular formula is C20H23FN4O2S. The fraction of sp³-hybridized carbons (Fsp3) is 0.400. The van der Waals surface area contributed by atoms with Crippen molar-refractivity contribution in [2.24, 2.45) is 0 Å². The average Bonchev–Trinajstić information content (AvgIpc) is 3.10. The van der Waals surface area contributed by atoms with Crippen LogP contribution in [-0.4, -0.2) is 26.6 Å². The molecule has 0 spiro atoms. The number of carbonyl (C=O) groups is 2. The summed E-state index contributed by atoms with van der Waals surface area (Å²) >= 11 is 1.22. The van der Waals surface area contributed by atoms with Gasteiger partial charge in [-0.3, -0.25) is 9.59 Å². The average molecular weight is 402 g/mol. The van der Waals surface area contributed by atoms with E-state index in [0.717, 1.165) is 0 Å². The standard InChI is InChI=1S/C20H23FN4O2S/c1-4-7-15(26)19-18(13-9-11-14(21)12-10-13)25(17(27)8-5-2)24-16(6-3)22-23-20(24)28-19/h9-12H,4-8H2,1-3H3. The molecule has 148 valence electrons. The first-order valence-electron chi connectivity index (χ1n) is 9.50. The molecule has 1 aromatic carbocycles. The van der Waals surface area contributed by atoms with Gasteiger partial charge >= 0.3 is 0 Å². The van der Waals surface area contributed by atoms with E-state index in [-0.39, 0.29) is 17.5 Å². The number of hydrogen-bond acceptors (Lipinski definition) is 5. The number of rotatable bonds is 7. The topological polar surface area (TPSA) is 68.1 Å². The molecule has 1 aromatic heterocycles. The van der Waals surface area contributed by atoms with Gasteiger partial charge in [-0.25, -0.2) is 14.1 Å². The Morgan fingerprint density at radius 3 is 2.32 bits per heavy atom. The van der Waals surface area contributed by atoms with Gasteiger partial charge in [-0.2, -0.15) is 0 Å². The fourth-order valence-electron chi connectivity index (χ4n) is 3.06. The van der Waals surface area contributed by atoms with Crippen LogP contribution in [0, 0.1) is 5.82 Å². The van der Waals surface area contributed by atoms with Crippen LogP contribution in [0.15, 0.2) is 34.3 Å². The van der Waals surface area contributed by atoms with Crippen molar-refractivity contribution >= 4 is 29.1 Å². The minimum Gasteiger partial charge on any atom is -0.294 e. The molecule has 0 saturated carbocycles. The van der Waals surface area contributed by atoms with Crippen molar-refractivity contribution in [2.45, 2.75) is 58.0 Å². The molecule has 2 aromatic rings. The lowest BCUT2D eigenvalue weighted by atomic mass is 10.1. The van der Waals surface area contributed by atoms with Crippen LogP contribution in [0.3, 0.4) is 0 Å². The lowest BCUT2D eigenvalue weighted by Gasteiger charge is -2.33. The lowest BCUT2D eigenvalue weighted by Crippen LogP contribution is -2.43. The molecule has 28 heavy (non-hydrogen) atoms. The lowest BCUT2D eigenvalue weighted by molar-refractivity contribution is -0.119. The molecule has 0 saturated heterocycles. The molecule has 0 N–H and O–H groups in total. The van der Waals surface area contributed by atoms with Crippen LogP contribution in [0.5, 0.6) is 0 Å². The van der Waals surface area contributed by atoms with Gasteiger partial charge < -0.3 is 0 Å². The molecular weight excluding hydrogens is 379 g/mol. The quantitative estimate of drug-likeness (QED) is 0.698. The number of fused-ring (bicyclic) bond motifs is 1. The van der Waals surface area contributed by atoms with E-state index in [2.05, 4.69) is 10.2 Å². The van der Waals surface area contributed by atoms with Crippen LogP contribution >= 0.6 is 11.8 Å². The minimum atomic E-state index is -0.375. The third kappa shape index (κ3) is 3.73. The van der Waals surface area contributed by atoms with Gasteiger partial charge in [0.15, 0.2) is 11.6 Å². The van der Waals surface area contributed by atoms with Gasteiger partial charge in [0.2, 0.25) is 11.1 Å². The van der Waals surface area contributed by atoms with Crippen LogP contribution in [0.25, 0.3) is 5.70 Å². The fourth-order valence-corrected chi connectivity index (χ4v) is 4.12. The first-order chi connectivity index (χ1) is 13.5. The maximum absolute atomic E-state index is 13.5. The van der Waals surface area contributed by atoms with Gasteiger partial charge in [-0.05, 0) is 48.9 Å². The van der Waals surface area contributed by atoms with Crippen LogP contribution in [0.4, 0.5) is 4.39 Å². The predicted octanol–water partition coefficient (Wildman–Crippen LogP) is 4.09. The van der Waals surface area contributed by atoms with Gasteiger partial charge in [-0.1, -0.05) is 20.8 Å². The number of ketones is 1. The molecule has 0 unspecified atom stereocenters. The summed E-state index contributed by atoms with van der Waals surface area (Å²) in [4.78, 5) is 26.5. The normalized spacial score (nSPS) is 13.6. The second kappa shape index (κ2) is 8.68. The number of amides is 1. The molecule has 0 fully saturated rings. The van der Waals surface area contributed by atoms with Gasteiger partial charge in [0, 0.05) is 24.8 Å². The number of hydrogen-bond donors (Lipinski definition) is 0.